The number of carbonyl (C=O) groups excluding carboxylic acids is 1. The third-order valence-corrected chi connectivity index (χ3v) is 5.51. The van der Waals surface area contributed by atoms with Gasteiger partial charge in [0.1, 0.15) is 11.3 Å². The van der Waals surface area contributed by atoms with Gasteiger partial charge < -0.3 is 9.30 Å². The second kappa shape index (κ2) is 4.59. The van der Waals surface area contributed by atoms with Gasteiger partial charge >= 0.3 is 0 Å². The van der Waals surface area contributed by atoms with E-state index >= 15 is 0 Å². The molecule has 0 radical (unpaired) electrons. The summed E-state index contributed by atoms with van der Waals surface area (Å²) in [5.41, 5.74) is 3.17. The van der Waals surface area contributed by atoms with Crippen LogP contribution in [0.2, 0.25) is 0 Å². The Kier molecular flexibility index (Phi) is 2.94. The first-order chi connectivity index (χ1) is 10.7. The number of rotatable bonds is 1. The molecule has 1 saturated heterocycles. The predicted octanol–water partition coefficient (Wildman–Crippen LogP) is 3.68. The zero-order valence-electron chi connectivity index (χ0n) is 14.5. The smallest absolute Gasteiger partial charge is 0.274 e. The van der Waals surface area contributed by atoms with Crippen LogP contribution in [0, 0.1) is 17.8 Å². The van der Waals surface area contributed by atoms with Crippen molar-refractivity contribution in [3.8, 4) is 0 Å². The minimum absolute atomic E-state index is 0.0952. The average molecular weight is 311 g/mol. The molecule has 1 saturated carbocycles. The number of aromatic nitrogens is 2. The summed E-state index contributed by atoms with van der Waals surface area (Å²) >= 11 is 0. The van der Waals surface area contributed by atoms with E-state index in [2.05, 4.69) is 30.7 Å². The molecule has 2 bridgehead atoms. The van der Waals surface area contributed by atoms with Gasteiger partial charge in [0, 0.05) is 25.0 Å². The minimum atomic E-state index is 0.0952. The molecular weight excluding hydrogens is 286 g/mol. The molecule has 1 aliphatic heterocycles. The van der Waals surface area contributed by atoms with Crippen LogP contribution in [0.4, 0.5) is 0 Å². The summed E-state index contributed by atoms with van der Waals surface area (Å²) in [6, 6.07) is 4.42. The van der Waals surface area contributed by atoms with Gasteiger partial charge in [-0.1, -0.05) is 20.8 Å². The van der Waals surface area contributed by atoms with E-state index in [4.69, 9.17) is 0 Å². The van der Waals surface area contributed by atoms with Crippen LogP contribution in [-0.2, 0) is 0 Å². The Morgan fingerprint density at radius 1 is 1.30 bits per heavy atom. The van der Waals surface area contributed by atoms with E-state index in [0.29, 0.717) is 17.2 Å². The lowest BCUT2D eigenvalue weighted by molar-refractivity contribution is 0.0703. The third kappa shape index (κ3) is 2.44. The van der Waals surface area contributed by atoms with Crippen molar-refractivity contribution >= 4 is 11.6 Å². The van der Waals surface area contributed by atoms with E-state index in [1.54, 1.807) is 0 Å². The van der Waals surface area contributed by atoms with E-state index in [1.165, 1.54) is 6.42 Å². The number of fused-ring (bicyclic) bond motifs is 3. The summed E-state index contributed by atoms with van der Waals surface area (Å²) in [5, 5.41) is 0. The first-order valence-electron chi connectivity index (χ1n) is 8.51. The van der Waals surface area contributed by atoms with Crippen molar-refractivity contribution < 1.29 is 4.79 Å². The molecule has 122 valence electrons. The summed E-state index contributed by atoms with van der Waals surface area (Å²) in [6.45, 7) is 9.91. The Morgan fingerprint density at radius 3 is 2.87 bits per heavy atom. The predicted molar refractivity (Wildman–Crippen MR) is 90.5 cm³/mol. The fourth-order valence-electron chi connectivity index (χ4n) is 5.03. The number of nitrogens with zero attached hydrogens (tertiary/aromatic N) is 3. The monoisotopic (exact) mass is 311 g/mol. The fourth-order valence-corrected chi connectivity index (χ4v) is 5.03. The number of pyridine rings is 1. The average Bonchev–Trinajstić information content (AvgIpc) is 2.94. The fraction of sp³-hybridized carbons (Fsp3) is 0.579. The molecule has 2 fully saturated rings. The van der Waals surface area contributed by atoms with Crippen molar-refractivity contribution in [1.29, 1.82) is 0 Å². The molecule has 4 nitrogen and oxygen atoms in total. The van der Waals surface area contributed by atoms with Crippen molar-refractivity contribution in [2.75, 3.05) is 6.54 Å². The van der Waals surface area contributed by atoms with Gasteiger partial charge in [-0.2, -0.15) is 0 Å². The zero-order valence-corrected chi connectivity index (χ0v) is 14.5. The van der Waals surface area contributed by atoms with Crippen molar-refractivity contribution in [3.05, 3.63) is 35.8 Å². The summed E-state index contributed by atoms with van der Waals surface area (Å²) in [7, 11) is 0. The maximum absolute atomic E-state index is 13.0. The summed E-state index contributed by atoms with van der Waals surface area (Å²) in [4.78, 5) is 19.7. The van der Waals surface area contributed by atoms with Gasteiger partial charge in [0.2, 0.25) is 0 Å². The van der Waals surface area contributed by atoms with Crippen molar-refractivity contribution in [3.63, 3.8) is 0 Å². The van der Waals surface area contributed by atoms with E-state index in [9.17, 15) is 4.79 Å². The second-order valence-electron chi connectivity index (χ2n) is 8.74. The molecule has 2 atom stereocenters. The highest BCUT2D eigenvalue weighted by Gasteiger charge is 2.51. The number of carbonyl (C=O) groups is 1. The number of amides is 1. The minimum Gasteiger partial charge on any atom is -0.334 e. The lowest BCUT2D eigenvalue weighted by atomic mass is 9.65. The maximum Gasteiger partial charge on any atom is 0.274 e. The quantitative estimate of drug-likeness (QED) is 0.805. The molecule has 0 aromatic carbocycles. The van der Waals surface area contributed by atoms with Gasteiger partial charge in [0.15, 0.2) is 0 Å². The van der Waals surface area contributed by atoms with Crippen molar-refractivity contribution in [2.45, 2.75) is 53.0 Å². The van der Waals surface area contributed by atoms with Gasteiger partial charge in [0.25, 0.3) is 5.91 Å². The third-order valence-electron chi connectivity index (χ3n) is 5.51. The SMILES string of the molecule is Cc1ccn2cc(C(=O)N3CC4(C)CC3CC(C)(C)C4)nc2c1. The lowest BCUT2D eigenvalue weighted by Crippen LogP contribution is -2.37. The molecule has 1 amide bonds. The van der Waals surface area contributed by atoms with Gasteiger partial charge in [-0.15, -0.1) is 0 Å². The van der Waals surface area contributed by atoms with E-state index < -0.39 is 0 Å². The Hall–Kier alpha value is -1.84. The zero-order chi connectivity index (χ0) is 16.4. The lowest BCUT2D eigenvalue weighted by Gasteiger charge is -2.39. The highest BCUT2D eigenvalue weighted by Crippen LogP contribution is 2.52. The van der Waals surface area contributed by atoms with Gasteiger partial charge in [-0.3, -0.25) is 4.79 Å². The van der Waals surface area contributed by atoms with Crippen molar-refractivity contribution in [2.24, 2.45) is 10.8 Å². The van der Waals surface area contributed by atoms with Crippen LogP contribution in [0.25, 0.3) is 5.65 Å². The molecule has 2 aromatic rings. The van der Waals surface area contributed by atoms with Crippen LogP contribution in [0.15, 0.2) is 24.5 Å². The largest absolute Gasteiger partial charge is 0.334 e. The Bertz CT molecular complexity index is 791. The van der Waals surface area contributed by atoms with Crippen LogP contribution >= 0.6 is 0 Å². The number of hydrogen-bond acceptors (Lipinski definition) is 2. The molecule has 23 heavy (non-hydrogen) atoms. The van der Waals surface area contributed by atoms with Crippen molar-refractivity contribution in [1.82, 2.24) is 14.3 Å². The van der Waals surface area contributed by atoms with Crippen LogP contribution < -0.4 is 0 Å². The van der Waals surface area contributed by atoms with Gasteiger partial charge in [-0.25, -0.2) is 4.98 Å². The van der Waals surface area contributed by atoms with Crippen LogP contribution in [0.5, 0.6) is 0 Å². The van der Waals surface area contributed by atoms with E-state index in [-0.39, 0.29) is 11.3 Å². The topological polar surface area (TPSA) is 37.6 Å². The normalized spacial score (nSPS) is 29.2. The first kappa shape index (κ1) is 14.7. The molecule has 0 spiro atoms. The van der Waals surface area contributed by atoms with E-state index in [0.717, 1.165) is 30.6 Å². The highest BCUT2D eigenvalue weighted by atomic mass is 16.2. The molecule has 3 heterocycles. The summed E-state index contributed by atoms with van der Waals surface area (Å²) in [6.07, 6.45) is 7.27. The maximum atomic E-state index is 13.0. The molecular formula is C19H25N3O. The molecule has 2 unspecified atom stereocenters. The highest BCUT2D eigenvalue weighted by molar-refractivity contribution is 5.93. The molecule has 1 aliphatic carbocycles. The Balaban J connectivity index is 1.66. The first-order valence-corrected chi connectivity index (χ1v) is 8.51. The van der Waals surface area contributed by atoms with Gasteiger partial charge in [0.05, 0.1) is 0 Å². The Morgan fingerprint density at radius 2 is 2.09 bits per heavy atom. The number of aryl methyl sites for hydroxylation is 1. The molecule has 4 rings (SSSR count). The number of likely N-dealkylation sites (tertiary alicyclic amines) is 1. The van der Waals surface area contributed by atoms with Gasteiger partial charge in [-0.05, 0) is 54.7 Å². The molecule has 2 aliphatic rings. The molecule has 2 aromatic heterocycles. The summed E-state index contributed by atoms with van der Waals surface area (Å²) in [5.74, 6) is 0.0952. The summed E-state index contributed by atoms with van der Waals surface area (Å²) < 4.78 is 1.94. The standard InChI is InChI=1S/C19H25N3O/c1-13-5-6-21-10-15(20-16(21)7-13)17(23)22-12-19(4)9-14(22)8-18(2,3)11-19/h5-7,10,14H,8-9,11-12H2,1-4H3. The van der Waals surface area contributed by atoms with Crippen LogP contribution in [0.3, 0.4) is 0 Å². The number of imidazole rings is 1. The van der Waals surface area contributed by atoms with Crippen LogP contribution in [0.1, 0.15) is 56.1 Å². The Labute approximate surface area is 137 Å². The molecule has 4 heteroatoms. The van der Waals surface area contributed by atoms with E-state index in [1.807, 2.05) is 35.9 Å². The second-order valence-corrected chi connectivity index (χ2v) is 8.74. The molecule has 0 N–H and O–H groups in total. The van der Waals surface area contributed by atoms with Crippen LogP contribution in [-0.4, -0.2) is 32.8 Å². The number of hydrogen-bond donors (Lipinski definition) is 0.